The maximum atomic E-state index is 13.1. The van der Waals surface area contributed by atoms with Crippen molar-refractivity contribution in [3.05, 3.63) is 124 Å². The zero-order chi connectivity index (χ0) is 38.8. The van der Waals surface area contributed by atoms with Crippen molar-refractivity contribution < 1.29 is 27.9 Å². The Morgan fingerprint density at radius 1 is 0.891 bits per heavy atom. The molecule has 0 aliphatic carbocycles. The lowest BCUT2D eigenvalue weighted by molar-refractivity contribution is -0.133. The van der Waals surface area contributed by atoms with Crippen molar-refractivity contribution in [2.24, 2.45) is 0 Å². The van der Waals surface area contributed by atoms with Gasteiger partial charge < -0.3 is 15.2 Å². The van der Waals surface area contributed by atoms with Crippen LogP contribution < -0.4 is 14.8 Å². The topological polar surface area (TPSA) is 210 Å². The van der Waals surface area contributed by atoms with Crippen molar-refractivity contribution in [2.45, 2.75) is 37.9 Å². The van der Waals surface area contributed by atoms with E-state index in [0.717, 1.165) is 5.69 Å². The van der Waals surface area contributed by atoms with E-state index >= 15 is 0 Å². The van der Waals surface area contributed by atoms with E-state index in [1.165, 1.54) is 47.2 Å². The Morgan fingerprint density at radius 2 is 1.65 bits per heavy atom. The Bertz CT molecular complexity index is 2430. The zero-order valence-electron chi connectivity index (χ0n) is 29.4. The van der Waals surface area contributed by atoms with Gasteiger partial charge in [-0.3, -0.25) is 14.6 Å². The van der Waals surface area contributed by atoms with Crippen LogP contribution in [0.1, 0.15) is 46.6 Å². The van der Waals surface area contributed by atoms with Crippen LogP contribution in [0, 0.1) is 11.3 Å². The molecule has 3 N–H and O–H groups in total. The molecular formula is C38H34N8O6S3. The lowest BCUT2D eigenvalue weighted by Crippen LogP contribution is -2.30. The number of pyridine rings is 3. The molecule has 17 heteroatoms. The number of esters is 1. The number of nitriles is 1. The first-order valence-corrected chi connectivity index (χ1v) is 20.4. The maximum absolute atomic E-state index is 13.1. The number of amides is 1. The van der Waals surface area contributed by atoms with Crippen LogP contribution in [-0.4, -0.2) is 63.4 Å². The molecule has 0 fully saturated rings. The highest BCUT2D eigenvalue weighted by Gasteiger charge is 2.23. The minimum Gasteiger partial charge on any atom is -0.506 e. The van der Waals surface area contributed by atoms with E-state index in [2.05, 4.69) is 35.0 Å². The first kappa shape index (κ1) is 38.8. The highest BCUT2D eigenvalue weighted by Crippen LogP contribution is 2.34. The Balaban J connectivity index is 1.05. The predicted molar refractivity (Wildman–Crippen MR) is 207 cm³/mol. The molecule has 14 nitrogen and oxygen atoms in total. The number of hydrogen-bond donors (Lipinski definition) is 3. The van der Waals surface area contributed by atoms with Gasteiger partial charge in [0.1, 0.15) is 33.2 Å². The standard InChI is InChI=1S/C38H34N8O6S3/c1-24(36(49)41-13-11-28-9-5-6-12-40-28)30-22-54-38(46-30)35-32(16-27(18-39)20-43-35)52-33(48)17-29-21-53-37(45-29)34-31(47)15-26(19-42-34)10-14-44-55(50,51)23-25-7-3-2-4-8-25/h2-9,12,15-16,19-22,24,44,47H,10-11,13-14,17,23H2,1H3,(H,41,49). The van der Waals surface area contributed by atoms with Crippen molar-refractivity contribution in [1.29, 1.82) is 5.26 Å². The third-order valence-electron chi connectivity index (χ3n) is 8.11. The van der Waals surface area contributed by atoms with Gasteiger partial charge in [0.05, 0.1) is 35.0 Å². The molecule has 1 unspecified atom stereocenters. The van der Waals surface area contributed by atoms with E-state index in [1.807, 2.05) is 30.3 Å². The second-order valence-electron chi connectivity index (χ2n) is 12.2. The van der Waals surface area contributed by atoms with Crippen molar-refractivity contribution >= 4 is 44.6 Å². The summed E-state index contributed by atoms with van der Waals surface area (Å²) in [6.45, 7) is 2.29. The summed E-state index contributed by atoms with van der Waals surface area (Å²) >= 11 is 2.40. The van der Waals surface area contributed by atoms with E-state index in [0.29, 0.717) is 51.9 Å². The fraction of sp³-hybridized carbons (Fsp3) is 0.211. The molecule has 0 saturated heterocycles. The SMILES string of the molecule is CC(C(=O)NCCc1ccccn1)c1csc(-c2ncc(C#N)cc2OC(=O)Cc2csc(-c3ncc(CCNS(=O)(=O)Cc4ccccc4)cc3O)n2)n1. The number of thiazole rings is 2. The first-order valence-electron chi connectivity index (χ1n) is 16.9. The number of nitrogens with one attached hydrogen (secondary N) is 2. The molecule has 1 amide bonds. The molecule has 0 aliphatic rings. The number of aromatic nitrogens is 5. The number of benzene rings is 1. The van der Waals surface area contributed by atoms with Gasteiger partial charge >= 0.3 is 5.97 Å². The van der Waals surface area contributed by atoms with Crippen molar-refractivity contribution in [1.82, 2.24) is 35.0 Å². The average molecular weight is 795 g/mol. The molecule has 5 heterocycles. The normalized spacial score (nSPS) is 11.8. The number of aromatic hydroxyl groups is 1. The molecule has 1 aromatic carbocycles. The third kappa shape index (κ3) is 10.6. The smallest absolute Gasteiger partial charge is 0.317 e. The molecule has 6 aromatic rings. The van der Waals surface area contributed by atoms with E-state index in [4.69, 9.17) is 4.74 Å². The minimum atomic E-state index is -3.54. The summed E-state index contributed by atoms with van der Waals surface area (Å²) in [4.78, 5) is 48.0. The van der Waals surface area contributed by atoms with Crippen molar-refractivity contribution in [3.63, 3.8) is 0 Å². The van der Waals surface area contributed by atoms with E-state index < -0.39 is 21.9 Å². The Morgan fingerprint density at radius 3 is 2.42 bits per heavy atom. The first-order chi connectivity index (χ1) is 26.6. The van der Waals surface area contributed by atoms with E-state index in [1.54, 1.807) is 48.1 Å². The van der Waals surface area contributed by atoms with Crippen LogP contribution in [0.15, 0.2) is 90.0 Å². The van der Waals surface area contributed by atoms with Gasteiger partial charge in [-0.05, 0) is 42.7 Å². The highest BCUT2D eigenvalue weighted by molar-refractivity contribution is 7.88. The van der Waals surface area contributed by atoms with Gasteiger partial charge in [0, 0.05) is 60.6 Å². The van der Waals surface area contributed by atoms with Crippen LogP contribution in [0.4, 0.5) is 0 Å². The van der Waals surface area contributed by atoms with Crippen LogP contribution >= 0.6 is 22.7 Å². The number of rotatable bonds is 16. The summed E-state index contributed by atoms with van der Waals surface area (Å²) in [6, 6.07) is 19.4. The van der Waals surface area contributed by atoms with Gasteiger partial charge in [-0.2, -0.15) is 5.26 Å². The number of nitrogens with zero attached hydrogens (tertiary/aromatic N) is 6. The van der Waals surface area contributed by atoms with Crippen molar-refractivity contribution in [3.8, 4) is 39.0 Å². The van der Waals surface area contributed by atoms with Crippen LogP contribution in [0.25, 0.3) is 21.4 Å². The molecule has 0 saturated carbocycles. The van der Waals surface area contributed by atoms with Crippen LogP contribution in [0.3, 0.4) is 0 Å². The van der Waals surface area contributed by atoms with Crippen LogP contribution in [0.5, 0.6) is 11.5 Å². The summed E-state index contributed by atoms with van der Waals surface area (Å²) in [5, 5.41) is 27.3. The van der Waals surface area contributed by atoms with Gasteiger partial charge in [-0.15, -0.1) is 22.7 Å². The second kappa shape index (κ2) is 17.9. The van der Waals surface area contributed by atoms with Gasteiger partial charge in [-0.1, -0.05) is 36.4 Å². The van der Waals surface area contributed by atoms with Crippen LogP contribution in [0.2, 0.25) is 0 Å². The molecule has 0 aliphatic heterocycles. The number of hydrogen-bond acceptors (Lipinski definition) is 14. The number of sulfonamides is 1. The third-order valence-corrected chi connectivity index (χ3v) is 11.2. The molecule has 0 radical (unpaired) electrons. The van der Waals surface area contributed by atoms with Gasteiger partial charge in [0.15, 0.2) is 5.75 Å². The maximum Gasteiger partial charge on any atom is 0.317 e. The monoisotopic (exact) mass is 794 g/mol. The summed E-state index contributed by atoms with van der Waals surface area (Å²) in [6.07, 6.45) is 5.25. The molecule has 55 heavy (non-hydrogen) atoms. The lowest BCUT2D eigenvalue weighted by Gasteiger charge is -2.10. The molecule has 6 rings (SSSR count). The fourth-order valence-electron chi connectivity index (χ4n) is 5.28. The number of carbonyl (C=O) groups is 2. The van der Waals surface area contributed by atoms with Gasteiger partial charge in [0.2, 0.25) is 15.9 Å². The number of ether oxygens (including phenoxy) is 1. The average Bonchev–Trinajstić information content (AvgIpc) is 3.85. The molecule has 0 spiro atoms. The summed E-state index contributed by atoms with van der Waals surface area (Å²) in [5.41, 5.74) is 3.68. The van der Waals surface area contributed by atoms with Gasteiger partial charge in [-0.25, -0.2) is 33.1 Å². The van der Waals surface area contributed by atoms with E-state index in [9.17, 15) is 28.4 Å². The fourth-order valence-corrected chi connectivity index (χ4v) is 8.16. The summed E-state index contributed by atoms with van der Waals surface area (Å²) < 4.78 is 33.1. The summed E-state index contributed by atoms with van der Waals surface area (Å²) in [5.74, 6) is -1.68. The van der Waals surface area contributed by atoms with Crippen LogP contribution in [-0.2, 0) is 44.6 Å². The Labute approximate surface area is 325 Å². The van der Waals surface area contributed by atoms with E-state index in [-0.39, 0.29) is 53.1 Å². The molecule has 5 aromatic heterocycles. The minimum absolute atomic E-state index is 0.0325. The molecule has 280 valence electrons. The van der Waals surface area contributed by atoms with Gasteiger partial charge in [0.25, 0.3) is 0 Å². The Kier molecular flexibility index (Phi) is 12.6. The second-order valence-corrected chi connectivity index (χ2v) is 15.8. The number of carbonyl (C=O) groups excluding carboxylic acids is 2. The quantitative estimate of drug-likeness (QED) is 0.111. The van der Waals surface area contributed by atoms with Crippen molar-refractivity contribution in [2.75, 3.05) is 13.1 Å². The highest BCUT2D eigenvalue weighted by atomic mass is 32.2. The molecule has 0 bridgehead atoms. The Hall–Kier alpha value is -5.93. The molecule has 1 atom stereocenters. The molecular weight excluding hydrogens is 761 g/mol. The summed E-state index contributed by atoms with van der Waals surface area (Å²) in [7, 11) is -3.54. The zero-order valence-corrected chi connectivity index (χ0v) is 31.8. The predicted octanol–water partition coefficient (Wildman–Crippen LogP) is 4.97. The largest absolute Gasteiger partial charge is 0.506 e. The lowest BCUT2D eigenvalue weighted by atomic mass is 10.1.